The molecule has 122 valence electrons. The maximum atomic E-state index is 6.40. The molecule has 21 heavy (non-hydrogen) atoms. The molecule has 0 radical (unpaired) electrons. The van der Waals surface area contributed by atoms with Gasteiger partial charge in [-0.2, -0.15) is 0 Å². The lowest BCUT2D eigenvalue weighted by atomic mass is 9.42. The average Bonchev–Trinajstić information content (AvgIpc) is 2.99. The minimum absolute atomic E-state index is 0.247. The SMILES string of the molecule is CCC1(CC)CCCC2(CC)C1CCC1(CC)OCCC12. The molecule has 0 aromatic heterocycles. The zero-order valence-corrected chi connectivity index (χ0v) is 14.8. The molecule has 3 rings (SSSR count). The van der Waals surface area contributed by atoms with Crippen LogP contribution in [0.25, 0.3) is 0 Å². The van der Waals surface area contributed by atoms with Gasteiger partial charge in [0.25, 0.3) is 0 Å². The van der Waals surface area contributed by atoms with Crippen LogP contribution in [0.5, 0.6) is 0 Å². The fraction of sp³-hybridized carbons (Fsp3) is 1.00. The molecule has 2 aliphatic carbocycles. The van der Waals surface area contributed by atoms with Crippen molar-refractivity contribution in [2.24, 2.45) is 22.7 Å². The van der Waals surface area contributed by atoms with Crippen molar-refractivity contribution in [3.8, 4) is 0 Å². The van der Waals surface area contributed by atoms with E-state index in [1.807, 2.05) is 0 Å². The minimum atomic E-state index is 0.247. The predicted octanol–water partition coefficient (Wildman–Crippen LogP) is 5.97. The Kier molecular flexibility index (Phi) is 4.19. The summed E-state index contributed by atoms with van der Waals surface area (Å²) in [7, 11) is 0. The summed E-state index contributed by atoms with van der Waals surface area (Å²) in [6, 6.07) is 0. The second-order valence-corrected chi connectivity index (χ2v) is 8.21. The van der Waals surface area contributed by atoms with Crippen molar-refractivity contribution in [1.29, 1.82) is 0 Å². The number of hydrogen-bond acceptors (Lipinski definition) is 1. The molecule has 0 N–H and O–H groups in total. The minimum Gasteiger partial charge on any atom is -0.375 e. The molecule has 1 aliphatic heterocycles. The molecule has 4 atom stereocenters. The van der Waals surface area contributed by atoms with Gasteiger partial charge in [-0.15, -0.1) is 0 Å². The van der Waals surface area contributed by atoms with Crippen LogP contribution in [0.4, 0.5) is 0 Å². The van der Waals surface area contributed by atoms with Crippen molar-refractivity contribution in [3.05, 3.63) is 0 Å². The maximum Gasteiger partial charge on any atom is 0.0714 e. The highest BCUT2D eigenvalue weighted by atomic mass is 16.5. The monoisotopic (exact) mass is 292 g/mol. The molecule has 0 amide bonds. The number of rotatable bonds is 4. The lowest BCUT2D eigenvalue weighted by Gasteiger charge is -2.63. The van der Waals surface area contributed by atoms with Gasteiger partial charge in [-0.1, -0.05) is 47.0 Å². The Bertz CT molecular complexity index is 372. The molecule has 4 unspecified atom stereocenters. The van der Waals surface area contributed by atoms with E-state index >= 15 is 0 Å². The third-order valence-corrected chi connectivity index (χ3v) is 8.40. The van der Waals surface area contributed by atoms with Crippen LogP contribution in [0.1, 0.15) is 91.9 Å². The van der Waals surface area contributed by atoms with Gasteiger partial charge in [0.2, 0.25) is 0 Å². The van der Waals surface area contributed by atoms with E-state index in [1.165, 1.54) is 64.2 Å². The maximum absolute atomic E-state index is 6.40. The molecule has 3 aliphatic rings. The molecular weight excluding hydrogens is 256 g/mol. The van der Waals surface area contributed by atoms with E-state index in [0.29, 0.717) is 10.8 Å². The van der Waals surface area contributed by atoms with Crippen LogP contribution in [-0.2, 0) is 4.74 Å². The summed E-state index contributed by atoms with van der Waals surface area (Å²) < 4.78 is 6.40. The second kappa shape index (κ2) is 5.55. The highest BCUT2D eigenvalue weighted by Gasteiger charge is 2.63. The molecule has 1 saturated heterocycles. The van der Waals surface area contributed by atoms with Gasteiger partial charge in [0.15, 0.2) is 0 Å². The van der Waals surface area contributed by atoms with Gasteiger partial charge in [-0.05, 0) is 67.6 Å². The first-order valence-electron chi connectivity index (χ1n) is 9.77. The molecule has 0 aromatic carbocycles. The summed E-state index contributed by atoms with van der Waals surface area (Å²) in [6.45, 7) is 10.8. The Balaban J connectivity index is 2.03. The van der Waals surface area contributed by atoms with Crippen LogP contribution >= 0.6 is 0 Å². The first-order valence-corrected chi connectivity index (χ1v) is 9.77. The molecule has 3 fully saturated rings. The third kappa shape index (κ3) is 1.98. The van der Waals surface area contributed by atoms with Crippen LogP contribution < -0.4 is 0 Å². The summed E-state index contributed by atoms with van der Waals surface area (Å²) in [5.41, 5.74) is 1.48. The highest BCUT2D eigenvalue weighted by Crippen LogP contribution is 2.68. The lowest BCUT2D eigenvalue weighted by molar-refractivity contribution is -0.174. The van der Waals surface area contributed by atoms with E-state index in [2.05, 4.69) is 27.7 Å². The summed E-state index contributed by atoms with van der Waals surface area (Å²) in [4.78, 5) is 0. The molecule has 2 saturated carbocycles. The van der Waals surface area contributed by atoms with Gasteiger partial charge < -0.3 is 4.74 Å². The molecule has 0 spiro atoms. The molecule has 1 heteroatoms. The van der Waals surface area contributed by atoms with E-state index in [9.17, 15) is 0 Å². The quantitative estimate of drug-likeness (QED) is 0.620. The van der Waals surface area contributed by atoms with E-state index < -0.39 is 0 Å². The van der Waals surface area contributed by atoms with Crippen molar-refractivity contribution in [2.75, 3.05) is 6.61 Å². The Morgan fingerprint density at radius 3 is 2.19 bits per heavy atom. The fourth-order valence-corrected chi connectivity index (χ4v) is 7.22. The normalized spacial score (nSPS) is 45.1. The number of fused-ring (bicyclic) bond motifs is 3. The predicted molar refractivity (Wildman–Crippen MR) is 89.4 cm³/mol. The van der Waals surface area contributed by atoms with E-state index in [-0.39, 0.29) is 5.60 Å². The third-order valence-electron chi connectivity index (χ3n) is 8.40. The van der Waals surface area contributed by atoms with E-state index in [4.69, 9.17) is 4.74 Å². The Morgan fingerprint density at radius 1 is 0.810 bits per heavy atom. The van der Waals surface area contributed by atoms with Crippen LogP contribution in [0, 0.1) is 22.7 Å². The van der Waals surface area contributed by atoms with E-state index in [1.54, 1.807) is 0 Å². The smallest absolute Gasteiger partial charge is 0.0714 e. The van der Waals surface area contributed by atoms with Gasteiger partial charge in [0.05, 0.1) is 5.60 Å². The summed E-state index contributed by atoms with van der Waals surface area (Å²) in [6.07, 6.45) is 13.9. The standard InChI is InChI=1S/C20H36O/c1-5-18(6-2)12-9-13-19(7-3)16(18)10-14-20(8-4)17(19)11-15-21-20/h16-17H,5-15H2,1-4H3. The Hall–Kier alpha value is -0.0400. The van der Waals surface area contributed by atoms with Crippen LogP contribution in [0.3, 0.4) is 0 Å². The van der Waals surface area contributed by atoms with E-state index in [0.717, 1.165) is 18.4 Å². The van der Waals surface area contributed by atoms with Crippen LogP contribution in [0.15, 0.2) is 0 Å². The van der Waals surface area contributed by atoms with Gasteiger partial charge in [-0.3, -0.25) is 0 Å². The average molecular weight is 293 g/mol. The first kappa shape index (κ1) is 15.8. The molecule has 0 aromatic rings. The summed E-state index contributed by atoms with van der Waals surface area (Å²) in [5.74, 6) is 1.81. The summed E-state index contributed by atoms with van der Waals surface area (Å²) >= 11 is 0. The molecule has 1 heterocycles. The van der Waals surface area contributed by atoms with Crippen LogP contribution in [-0.4, -0.2) is 12.2 Å². The Morgan fingerprint density at radius 2 is 1.57 bits per heavy atom. The van der Waals surface area contributed by atoms with Crippen molar-refractivity contribution < 1.29 is 4.74 Å². The van der Waals surface area contributed by atoms with Crippen molar-refractivity contribution >= 4 is 0 Å². The highest BCUT2D eigenvalue weighted by molar-refractivity contribution is 5.12. The second-order valence-electron chi connectivity index (χ2n) is 8.21. The number of hydrogen-bond donors (Lipinski definition) is 0. The first-order chi connectivity index (χ1) is 10.1. The zero-order valence-electron chi connectivity index (χ0n) is 14.8. The number of ether oxygens (including phenoxy) is 1. The van der Waals surface area contributed by atoms with Crippen molar-refractivity contribution in [2.45, 2.75) is 97.5 Å². The summed E-state index contributed by atoms with van der Waals surface area (Å²) in [5, 5.41) is 0. The largest absolute Gasteiger partial charge is 0.375 e. The van der Waals surface area contributed by atoms with Gasteiger partial charge >= 0.3 is 0 Å². The van der Waals surface area contributed by atoms with Crippen LogP contribution in [0.2, 0.25) is 0 Å². The van der Waals surface area contributed by atoms with Crippen molar-refractivity contribution in [3.63, 3.8) is 0 Å². The Labute approximate surface area is 132 Å². The van der Waals surface area contributed by atoms with Gasteiger partial charge in [-0.25, -0.2) is 0 Å². The lowest BCUT2D eigenvalue weighted by Crippen LogP contribution is -2.58. The molecule has 0 bridgehead atoms. The molecular formula is C20H36O. The van der Waals surface area contributed by atoms with Crippen molar-refractivity contribution in [1.82, 2.24) is 0 Å². The van der Waals surface area contributed by atoms with Gasteiger partial charge in [0.1, 0.15) is 0 Å². The topological polar surface area (TPSA) is 9.23 Å². The zero-order chi connectivity index (χ0) is 15.1. The fourth-order valence-electron chi connectivity index (χ4n) is 7.22. The van der Waals surface area contributed by atoms with Gasteiger partial charge in [0, 0.05) is 6.61 Å². The molecule has 1 nitrogen and oxygen atoms in total.